The van der Waals surface area contributed by atoms with Crippen molar-refractivity contribution in [2.45, 2.75) is 6.18 Å². The first kappa shape index (κ1) is 17.9. The van der Waals surface area contributed by atoms with Gasteiger partial charge in [-0.05, 0) is 48.1 Å². The number of para-hydroxylation sites is 2. The average Bonchev–Trinajstić information content (AvgIpc) is 2.88. The maximum atomic E-state index is 12.7. The second-order valence-corrected chi connectivity index (χ2v) is 5.81. The molecule has 0 unspecified atom stereocenters. The number of amides is 1. The zero-order valence-corrected chi connectivity index (χ0v) is 14.3. The molecular weight excluding hydrogens is 365 g/mol. The summed E-state index contributed by atoms with van der Waals surface area (Å²) in [6.07, 6.45) is -2.96. The molecule has 8 heteroatoms. The predicted molar refractivity (Wildman–Crippen MR) is 95.6 cm³/mol. The number of thiocarbonyl (C=S) groups is 1. The summed E-state index contributed by atoms with van der Waals surface area (Å²) >= 11 is 5.22. The molecule has 1 saturated heterocycles. The fourth-order valence-corrected chi connectivity index (χ4v) is 2.79. The molecule has 0 bridgehead atoms. The molecule has 1 amide bonds. The quantitative estimate of drug-likeness (QED) is 0.648. The lowest BCUT2D eigenvalue weighted by molar-refractivity contribution is -0.137. The molecule has 0 radical (unpaired) electrons. The number of ether oxygens (including phenoxy) is 1. The normalized spacial score (nSPS) is 16.2. The third-order valence-electron chi connectivity index (χ3n) is 3.75. The number of nitrogens with one attached hydrogen (secondary N) is 1. The van der Waals surface area contributed by atoms with Gasteiger partial charge in [-0.2, -0.15) is 13.2 Å². The van der Waals surface area contributed by atoms with Crippen molar-refractivity contribution >= 4 is 35.0 Å². The minimum Gasteiger partial charge on any atom is -0.495 e. The highest BCUT2D eigenvalue weighted by molar-refractivity contribution is 7.80. The van der Waals surface area contributed by atoms with E-state index in [9.17, 15) is 18.0 Å². The third kappa shape index (κ3) is 3.41. The van der Waals surface area contributed by atoms with Crippen LogP contribution in [0.25, 0.3) is 6.08 Å². The van der Waals surface area contributed by atoms with E-state index in [4.69, 9.17) is 17.0 Å². The molecule has 1 N–H and O–H groups in total. The number of anilines is 1. The van der Waals surface area contributed by atoms with Crippen molar-refractivity contribution in [1.82, 2.24) is 5.32 Å². The molecule has 4 nitrogen and oxygen atoms in total. The summed E-state index contributed by atoms with van der Waals surface area (Å²) in [5, 5.41) is 2.95. The van der Waals surface area contributed by atoms with Crippen molar-refractivity contribution in [1.29, 1.82) is 0 Å². The van der Waals surface area contributed by atoms with E-state index < -0.39 is 17.6 Å². The average molecular weight is 378 g/mol. The molecule has 2 aromatic rings. The van der Waals surface area contributed by atoms with Gasteiger partial charge in [-0.15, -0.1) is 0 Å². The van der Waals surface area contributed by atoms with Crippen LogP contribution in [0.1, 0.15) is 11.1 Å². The molecule has 1 aliphatic heterocycles. The number of benzene rings is 2. The minimum absolute atomic E-state index is 0.165. The molecule has 1 aliphatic rings. The summed E-state index contributed by atoms with van der Waals surface area (Å²) in [5.41, 5.74) is 0.337. The largest absolute Gasteiger partial charge is 0.495 e. The Morgan fingerprint density at radius 2 is 1.77 bits per heavy atom. The molecule has 1 fully saturated rings. The van der Waals surface area contributed by atoms with Crippen LogP contribution in [0.5, 0.6) is 5.75 Å². The molecule has 0 spiro atoms. The third-order valence-corrected chi connectivity index (χ3v) is 4.04. The molecule has 2 aromatic carbocycles. The van der Waals surface area contributed by atoms with E-state index >= 15 is 0 Å². The number of carbonyl (C=O) groups is 1. The number of alkyl halides is 3. The van der Waals surface area contributed by atoms with Crippen LogP contribution in [0.4, 0.5) is 18.9 Å². The highest BCUT2D eigenvalue weighted by Crippen LogP contribution is 2.32. The van der Waals surface area contributed by atoms with Crippen LogP contribution >= 0.6 is 12.2 Å². The minimum atomic E-state index is -4.41. The fraction of sp³-hybridized carbons (Fsp3) is 0.111. The number of halogens is 3. The van der Waals surface area contributed by atoms with Crippen molar-refractivity contribution in [3.63, 3.8) is 0 Å². The van der Waals surface area contributed by atoms with Gasteiger partial charge in [0.25, 0.3) is 5.91 Å². The van der Waals surface area contributed by atoms with E-state index in [2.05, 4.69) is 5.32 Å². The summed E-state index contributed by atoms with van der Waals surface area (Å²) in [6, 6.07) is 11.4. The smallest absolute Gasteiger partial charge is 0.416 e. The second kappa shape index (κ2) is 6.80. The van der Waals surface area contributed by atoms with Gasteiger partial charge in [-0.1, -0.05) is 24.3 Å². The van der Waals surface area contributed by atoms with E-state index in [0.29, 0.717) is 17.0 Å². The van der Waals surface area contributed by atoms with Gasteiger partial charge in [0.1, 0.15) is 11.4 Å². The van der Waals surface area contributed by atoms with Crippen molar-refractivity contribution < 1.29 is 22.7 Å². The van der Waals surface area contributed by atoms with Crippen LogP contribution in [0, 0.1) is 0 Å². The molecule has 26 heavy (non-hydrogen) atoms. The summed E-state index contributed by atoms with van der Waals surface area (Å²) in [5.74, 6) is 0.0557. The summed E-state index contributed by atoms with van der Waals surface area (Å²) in [6.45, 7) is 0. The summed E-state index contributed by atoms with van der Waals surface area (Å²) < 4.78 is 43.1. The Balaban J connectivity index is 1.90. The van der Waals surface area contributed by atoms with E-state index in [1.54, 1.807) is 24.3 Å². The molecule has 0 saturated carbocycles. The maximum Gasteiger partial charge on any atom is 0.416 e. The molecule has 0 aliphatic carbocycles. The molecule has 0 aromatic heterocycles. The zero-order valence-electron chi connectivity index (χ0n) is 13.5. The van der Waals surface area contributed by atoms with Gasteiger partial charge in [0.05, 0.1) is 18.4 Å². The lowest BCUT2D eigenvalue weighted by Crippen LogP contribution is -2.30. The number of hydrogen-bond donors (Lipinski definition) is 1. The standard InChI is InChI=1S/C18H13F3N2O2S/c1-25-15-5-3-2-4-14(15)23-16(24)13(22-17(23)26)10-11-6-8-12(9-7-11)18(19,20)21/h2-10H,1H3,(H,22,26)/b13-10+. The lowest BCUT2D eigenvalue weighted by Gasteiger charge is -2.17. The highest BCUT2D eigenvalue weighted by Gasteiger charge is 2.34. The number of rotatable bonds is 3. The van der Waals surface area contributed by atoms with Crippen LogP contribution in [-0.4, -0.2) is 18.1 Å². The number of nitrogens with zero attached hydrogens (tertiary/aromatic N) is 1. The van der Waals surface area contributed by atoms with E-state index in [-0.39, 0.29) is 10.8 Å². The Bertz CT molecular complexity index is 892. The van der Waals surface area contributed by atoms with Gasteiger partial charge in [-0.3, -0.25) is 4.79 Å². The number of hydrogen-bond acceptors (Lipinski definition) is 3. The Kier molecular flexibility index (Phi) is 4.69. The van der Waals surface area contributed by atoms with E-state index in [1.165, 1.54) is 30.2 Å². The van der Waals surface area contributed by atoms with Crippen molar-refractivity contribution in [2.24, 2.45) is 0 Å². The second-order valence-electron chi connectivity index (χ2n) is 5.42. The first-order chi connectivity index (χ1) is 12.3. The SMILES string of the molecule is COc1ccccc1N1C(=O)/C(=C\c2ccc(C(F)(F)F)cc2)NC1=S. The first-order valence-electron chi connectivity index (χ1n) is 7.48. The summed E-state index contributed by atoms with van der Waals surface area (Å²) in [4.78, 5) is 14.0. The van der Waals surface area contributed by atoms with Crippen molar-refractivity contribution in [3.8, 4) is 5.75 Å². The van der Waals surface area contributed by atoms with Crippen molar-refractivity contribution in [3.05, 3.63) is 65.4 Å². The first-order valence-corrected chi connectivity index (χ1v) is 7.89. The molecule has 3 rings (SSSR count). The van der Waals surface area contributed by atoms with Crippen LogP contribution in [-0.2, 0) is 11.0 Å². The Hall–Kier alpha value is -2.87. The monoisotopic (exact) mass is 378 g/mol. The van der Waals surface area contributed by atoms with Crippen molar-refractivity contribution in [2.75, 3.05) is 12.0 Å². The van der Waals surface area contributed by atoms with E-state index in [1.807, 2.05) is 0 Å². The lowest BCUT2D eigenvalue weighted by atomic mass is 10.1. The fourth-order valence-electron chi connectivity index (χ4n) is 2.50. The Labute approximate surface area is 152 Å². The van der Waals surface area contributed by atoms with Crippen LogP contribution in [0.2, 0.25) is 0 Å². The van der Waals surface area contributed by atoms with Gasteiger partial charge in [0.15, 0.2) is 5.11 Å². The predicted octanol–water partition coefficient (Wildman–Crippen LogP) is 3.98. The van der Waals surface area contributed by atoms with Gasteiger partial charge in [-0.25, -0.2) is 4.90 Å². The van der Waals surface area contributed by atoms with Gasteiger partial charge >= 0.3 is 6.18 Å². The molecule has 1 heterocycles. The van der Waals surface area contributed by atoms with Crippen LogP contribution in [0.15, 0.2) is 54.2 Å². The van der Waals surface area contributed by atoms with E-state index in [0.717, 1.165) is 12.1 Å². The van der Waals surface area contributed by atoms with Gasteiger partial charge in [0.2, 0.25) is 0 Å². The van der Waals surface area contributed by atoms with Crippen LogP contribution < -0.4 is 15.0 Å². The summed E-state index contributed by atoms with van der Waals surface area (Å²) in [7, 11) is 1.48. The Morgan fingerprint density at radius 3 is 2.38 bits per heavy atom. The highest BCUT2D eigenvalue weighted by atomic mass is 32.1. The van der Waals surface area contributed by atoms with Gasteiger partial charge < -0.3 is 10.1 Å². The maximum absolute atomic E-state index is 12.7. The zero-order chi connectivity index (χ0) is 18.9. The Morgan fingerprint density at radius 1 is 1.12 bits per heavy atom. The topological polar surface area (TPSA) is 41.6 Å². The molecular formula is C18H13F3N2O2S. The molecule has 0 atom stereocenters. The van der Waals surface area contributed by atoms with Gasteiger partial charge in [0, 0.05) is 0 Å². The molecule has 134 valence electrons. The number of carbonyl (C=O) groups excluding carboxylic acids is 1. The van der Waals surface area contributed by atoms with Crippen LogP contribution in [0.3, 0.4) is 0 Å². The number of methoxy groups -OCH3 is 1.